The number of rotatable bonds is 4. The van der Waals surface area contributed by atoms with Gasteiger partial charge in [0, 0.05) is 26.1 Å². The molecule has 1 amide bonds. The number of aryl methyl sites for hydroxylation is 1. The van der Waals surface area contributed by atoms with Gasteiger partial charge in [0.1, 0.15) is 11.2 Å². The van der Waals surface area contributed by atoms with Crippen LogP contribution in [0.15, 0.2) is 11.0 Å². The molecule has 0 radical (unpaired) electrons. The number of methoxy groups -OCH3 is 1. The summed E-state index contributed by atoms with van der Waals surface area (Å²) >= 11 is 0. The van der Waals surface area contributed by atoms with Crippen LogP contribution in [0.3, 0.4) is 0 Å². The topological polar surface area (TPSA) is 99.3 Å². The van der Waals surface area contributed by atoms with Crippen molar-refractivity contribution in [3.8, 4) is 0 Å². The van der Waals surface area contributed by atoms with E-state index < -0.39 is 0 Å². The van der Waals surface area contributed by atoms with Crippen LogP contribution in [0.2, 0.25) is 0 Å². The fourth-order valence-electron chi connectivity index (χ4n) is 3.76. The van der Waals surface area contributed by atoms with Crippen LogP contribution < -0.4 is 5.56 Å². The van der Waals surface area contributed by atoms with Crippen molar-refractivity contribution in [2.24, 2.45) is 5.92 Å². The summed E-state index contributed by atoms with van der Waals surface area (Å²) in [5, 5.41) is 4.79. The van der Waals surface area contributed by atoms with Crippen LogP contribution in [-0.2, 0) is 26.4 Å². The molecule has 158 valence electrons. The zero-order valence-corrected chi connectivity index (χ0v) is 17.8. The smallest absolute Gasteiger partial charge is 0.308 e. The van der Waals surface area contributed by atoms with Crippen LogP contribution in [0, 0.1) is 12.8 Å². The number of carbonyl (C=O) groups is 2. The average Bonchev–Trinajstić information content (AvgIpc) is 3.11. The van der Waals surface area contributed by atoms with E-state index in [1.807, 2.05) is 20.8 Å². The van der Waals surface area contributed by atoms with Crippen molar-refractivity contribution in [3.05, 3.63) is 22.4 Å². The Kier molecular flexibility index (Phi) is 5.77. The number of likely N-dealkylation sites (tertiary alicyclic amines) is 1. The van der Waals surface area contributed by atoms with Gasteiger partial charge in [-0.3, -0.25) is 19.0 Å². The lowest BCUT2D eigenvalue weighted by Gasteiger charge is -2.30. The van der Waals surface area contributed by atoms with Crippen LogP contribution in [0.1, 0.15) is 45.9 Å². The molecular formula is C20H29N5O4. The molecule has 0 unspecified atom stereocenters. The molecule has 0 bridgehead atoms. The lowest BCUT2D eigenvalue weighted by molar-refractivity contribution is -0.148. The number of ether oxygens (including phenoxy) is 1. The molecule has 3 rings (SSSR count). The summed E-state index contributed by atoms with van der Waals surface area (Å²) in [7, 11) is 1.38. The lowest BCUT2D eigenvalue weighted by Crippen LogP contribution is -2.41. The van der Waals surface area contributed by atoms with Gasteiger partial charge in [0.05, 0.1) is 24.8 Å². The highest BCUT2D eigenvalue weighted by Gasteiger charge is 2.28. The van der Waals surface area contributed by atoms with Gasteiger partial charge in [0.15, 0.2) is 5.65 Å². The zero-order valence-electron chi connectivity index (χ0n) is 17.8. The van der Waals surface area contributed by atoms with Crippen LogP contribution >= 0.6 is 0 Å². The molecule has 2 aromatic heterocycles. The molecule has 3 heterocycles. The van der Waals surface area contributed by atoms with E-state index in [1.165, 1.54) is 11.7 Å². The SMILES string of the molecule is COC(=O)C1CCN(C(=O)CCn2c(C)nc3c(cnn3C(C)(C)C)c2=O)CC1. The van der Waals surface area contributed by atoms with Crippen molar-refractivity contribution in [1.29, 1.82) is 0 Å². The maximum Gasteiger partial charge on any atom is 0.308 e. The van der Waals surface area contributed by atoms with Gasteiger partial charge < -0.3 is 9.64 Å². The second kappa shape index (κ2) is 7.96. The van der Waals surface area contributed by atoms with Crippen LogP contribution in [0.4, 0.5) is 0 Å². The van der Waals surface area contributed by atoms with Crippen molar-refractivity contribution in [3.63, 3.8) is 0 Å². The second-order valence-corrected chi connectivity index (χ2v) is 8.51. The number of carbonyl (C=O) groups excluding carboxylic acids is 2. The first-order valence-electron chi connectivity index (χ1n) is 9.94. The fourth-order valence-corrected chi connectivity index (χ4v) is 3.76. The minimum atomic E-state index is -0.286. The summed E-state index contributed by atoms with van der Waals surface area (Å²) in [5.41, 5.74) is 0.0965. The number of piperidine rings is 1. The Labute approximate surface area is 169 Å². The maximum atomic E-state index is 12.9. The average molecular weight is 403 g/mol. The van der Waals surface area contributed by atoms with Gasteiger partial charge in [-0.1, -0.05) is 0 Å². The summed E-state index contributed by atoms with van der Waals surface area (Å²) in [6.45, 7) is 9.11. The first-order chi connectivity index (χ1) is 13.6. The van der Waals surface area contributed by atoms with Crippen molar-refractivity contribution in [2.75, 3.05) is 20.2 Å². The molecule has 0 spiro atoms. The summed E-state index contributed by atoms with van der Waals surface area (Å²) < 4.78 is 8.07. The molecule has 1 fully saturated rings. The quantitative estimate of drug-likeness (QED) is 0.717. The number of aromatic nitrogens is 4. The third kappa shape index (κ3) is 4.18. The first kappa shape index (κ1) is 21.0. The van der Waals surface area contributed by atoms with E-state index in [-0.39, 0.29) is 41.9 Å². The van der Waals surface area contributed by atoms with E-state index in [0.717, 1.165) is 0 Å². The summed E-state index contributed by atoms with van der Waals surface area (Å²) in [5.74, 6) is 0.185. The molecule has 9 nitrogen and oxygen atoms in total. The van der Waals surface area contributed by atoms with E-state index in [2.05, 4.69) is 10.1 Å². The Bertz CT molecular complexity index is 977. The molecule has 29 heavy (non-hydrogen) atoms. The minimum absolute atomic E-state index is 0.0231. The molecule has 9 heteroatoms. The number of hydrogen-bond donors (Lipinski definition) is 0. The molecule has 0 aromatic carbocycles. The number of esters is 1. The van der Waals surface area contributed by atoms with E-state index in [4.69, 9.17) is 4.74 Å². The van der Waals surface area contributed by atoms with Crippen molar-refractivity contribution < 1.29 is 14.3 Å². The predicted molar refractivity (Wildman–Crippen MR) is 107 cm³/mol. The van der Waals surface area contributed by atoms with E-state index in [1.54, 1.807) is 22.7 Å². The largest absolute Gasteiger partial charge is 0.469 e. The van der Waals surface area contributed by atoms with E-state index >= 15 is 0 Å². The Balaban J connectivity index is 1.70. The van der Waals surface area contributed by atoms with Gasteiger partial charge in [-0.05, 0) is 40.5 Å². The third-order valence-electron chi connectivity index (χ3n) is 5.44. The Hall–Kier alpha value is -2.71. The van der Waals surface area contributed by atoms with Gasteiger partial charge in [0.25, 0.3) is 5.56 Å². The van der Waals surface area contributed by atoms with Gasteiger partial charge in [-0.15, -0.1) is 0 Å². The maximum absolute atomic E-state index is 12.9. The lowest BCUT2D eigenvalue weighted by atomic mass is 9.97. The van der Waals surface area contributed by atoms with Crippen molar-refractivity contribution in [2.45, 2.75) is 59.0 Å². The fraction of sp³-hybridized carbons (Fsp3) is 0.650. The Morgan fingerprint density at radius 1 is 1.24 bits per heavy atom. The van der Waals surface area contributed by atoms with Gasteiger partial charge in [0.2, 0.25) is 5.91 Å². The number of amides is 1. The highest BCUT2D eigenvalue weighted by molar-refractivity contribution is 5.77. The standard InChI is InChI=1S/C20H29N5O4/c1-13-22-17-15(12-21-25(17)20(2,3)4)18(27)24(13)11-8-16(26)23-9-6-14(7-10-23)19(28)29-5/h12,14H,6-11H2,1-5H3. The Morgan fingerprint density at radius 2 is 1.90 bits per heavy atom. The van der Waals surface area contributed by atoms with Crippen LogP contribution in [0.5, 0.6) is 0 Å². The Morgan fingerprint density at radius 3 is 2.48 bits per heavy atom. The van der Waals surface area contributed by atoms with E-state index in [0.29, 0.717) is 42.8 Å². The second-order valence-electron chi connectivity index (χ2n) is 8.51. The first-order valence-corrected chi connectivity index (χ1v) is 9.94. The van der Waals surface area contributed by atoms with Crippen LogP contribution in [-0.4, -0.2) is 56.3 Å². The molecule has 0 N–H and O–H groups in total. The molecular weight excluding hydrogens is 374 g/mol. The van der Waals surface area contributed by atoms with Gasteiger partial charge in [-0.2, -0.15) is 5.10 Å². The van der Waals surface area contributed by atoms with Crippen molar-refractivity contribution in [1.82, 2.24) is 24.2 Å². The number of hydrogen-bond acceptors (Lipinski definition) is 6. The minimum Gasteiger partial charge on any atom is -0.469 e. The summed E-state index contributed by atoms with van der Waals surface area (Å²) in [6.07, 6.45) is 2.98. The number of nitrogens with zero attached hydrogens (tertiary/aromatic N) is 5. The molecule has 1 saturated heterocycles. The normalized spacial score (nSPS) is 15.7. The number of fused-ring (bicyclic) bond motifs is 1. The molecule has 1 aliphatic rings. The molecule has 0 aliphatic carbocycles. The monoisotopic (exact) mass is 403 g/mol. The molecule has 2 aromatic rings. The highest BCUT2D eigenvalue weighted by Crippen LogP contribution is 2.20. The molecule has 1 aliphatic heterocycles. The summed E-state index contributed by atoms with van der Waals surface area (Å²) in [4.78, 5) is 43.5. The molecule has 0 atom stereocenters. The van der Waals surface area contributed by atoms with Crippen LogP contribution in [0.25, 0.3) is 11.0 Å². The van der Waals surface area contributed by atoms with Gasteiger partial charge in [-0.25, -0.2) is 9.67 Å². The zero-order chi connectivity index (χ0) is 21.3. The van der Waals surface area contributed by atoms with Gasteiger partial charge >= 0.3 is 5.97 Å². The summed E-state index contributed by atoms with van der Waals surface area (Å²) in [6, 6.07) is 0. The van der Waals surface area contributed by atoms with E-state index in [9.17, 15) is 14.4 Å². The highest BCUT2D eigenvalue weighted by atomic mass is 16.5. The molecule has 0 saturated carbocycles. The predicted octanol–water partition coefficient (Wildman–Crippen LogP) is 1.46. The van der Waals surface area contributed by atoms with Crippen molar-refractivity contribution >= 4 is 22.9 Å². The third-order valence-corrected chi connectivity index (χ3v) is 5.44.